The molecule has 224 valence electrons. The van der Waals surface area contributed by atoms with Crippen molar-refractivity contribution >= 4 is 16.7 Å². The maximum atomic E-state index is 13.8. The minimum Gasteiger partial charge on any atom is -0.338 e. The lowest BCUT2D eigenvalue weighted by atomic mass is 10.0. The van der Waals surface area contributed by atoms with Crippen LogP contribution in [0.15, 0.2) is 90.9 Å². The first-order valence-electron chi connectivity index (χ1n) is 13.6. The predicted octanol–water partition coefficient (Wildman–Crippen LogP) is 7.81. The van der Waals surface area contributed by atoms with Crippen LogP contribution in [0.1, 0.15) is 36.7 Å². The molecule has 12 heteroatoms. The molecule has 0 atom stereocenters. The summed E-state index contributed by atoms with van der Waals surface area (Å²) in [6.45, 7) is 2.62. The van der Waals surface area contributed by atoms with Crippen molar-refractivity contribution < 1.29 is 26.3 Å². The van der Waals surface area contributed by atoms with E-state index < -0.39 is 18.0 Å². The van der Waals surface area contributed by atoms with Crippen LogP contribution in [0.4, 0.5) is 32.2 Å². The highest BCUT2D eigenvalue weighted by Crippen LogP contribution is 2.37. The fourth-order valence-corrected chi connectivity index (χ4v) is 4.71. The van der Waals surface area contributed by atoms with Crippen LogP contribution in [-0.2, 0) is 19.3 Å². The van der Waals surface area contributed by atoms with Crippen LogP contribution in [-0.4, -0.2) is 32.2 Å². The van der Waals surface area contributed by atoms with Crippen LogP contribution < -0.4 is 10.6 Å². The summed E-state index contributed by atoms with van der Waals surface area (Å²) < 4.78 is 80.1. The van der Waals surface area contributed by atoms with Crippen molar-refractivity contribution in [2.24, 2.45) is 0 Å². The Labute approximate surface area is 244 Å². The highest BCUT2D eigenvalue weighted by atomic mass is 19.4. The zero-order chi connectivity index (χ0) is 30.6. The fraction of sp³-hybridized carbons (Fsp3) is 0.258. The fourth-order valence-electron chi connectivity index (χ4n) is 4.71. The lowest BCUT2D eigenvalue weighted by Gasteiger charge is -2.22. The third kappa shape index (κ3) is 7.89. The van der Waals surface area contributed by atoms with E-state index in [1.54, 1.807) is 19.1 Å². The number of fused-ring (bicyclic) bond motifs is 1. The van der Waals surface area contributed by atoms with Gasteiger partial charge in [0.05, 0.1) is 29.0 Å². The van der Waals surface area contributed by atoms with Gasteiger partial charge in [-0.05, 0) is 55.7 Å². The number of rotatable bonds is 10. The van der Waals surface area contributed by atoms with Gasteiger partial charge >= 0.3 is 12.5 Å². The van der Waals surface area contributed by atoms with Crippen LogP contribution in [0.2, 0.25) is 0 Å². The number of hydrogen-bond acceptors (Lipinski definition) is 6. The second kappa shape index (κ2) is 12.4. The van der Waals surface area contributed by atoms with Gasteiger partial charge in [0.2, 0.25) is 0 Å². The summed E-state index contributed by atoms with van der Waals surface area (Å²) in [7, 11) is 0. The topological polar surface area (TPSA) is 66.0 Å². The van der Waals surface area contributed by atoms with Crippen molar-refractivity contribution in [3.63, 3.8) is 0 Å². The molecule has 43 heavy (non-hydrogen) atoms. The van der Waals surface area contributed by atoms with Gasteiger partial charge in [-0.25, -0.2) is 9.97 Å². The molecule has 1 aliphatic rings. The molecule has 2 heterocycles. The van der Waals surface area contributed by atoms with Crippen LogP contribution in [0.25, 0.3) is 22.2 Å². The van der Waals surface area contributed by atoms with E-state index in [1.165, 1.54) is 35.8 Å². The first-order valence-corrected chi connectivity index (χ1v) is 13.6. The van der Waals surface area contributed by atoms with Crippen molar-refractivity contribution in [3.05, 3.63) is 108 Å². The first kappa shape index (κ1) is 30.0. The van der Waals surface area contributed by atoms with Crippen LogP contribution in [0.5, 0.6) is 0 Å². The summed E-state index contributed by atoms with van der Waals surface area (Å²) in [6.07, 6.45) is -2.20. The molecule has 2 aromatic heterocycles. The highest BCUT2D eigenvalue weighted by Gasteiger charge is 2.34. The molecule has 5 rings (SSSR count). The molecule has 0 radical (unpaired) electrons. The summed E-state index contributed by atoms with van der Waals surface area (Å²) in [5.74, 6) is 0.586. The van der Waals surface area contributed by atoms with E-state index in [4.69, 9.17) is 4.98 Å². The quantitative estimate of drug-likeness (QED) is 0.110. The van der Waals surface area contributed by atoms with Gasteiger partial charge in [0.25, 0.3) is 0 Å². The molecule has 0 spiro atoms. The largest absolute Gasteiger partial charge is 0.481 e. The standard InChI is InChI=1S/C31H28F6N6/c1-2-7-22(17-39-31(35,36)37)40-29-24-14-11-21(28-25(30(32,33)34)10-6-15-38-28)16-26(24)41-27(42-29)19-43(23-12-13-23)18-20-8-4-3-5-9-20/h2-11,14-17,23,39H,12-13,18-19H2,1H3,(H,40,41,42)/b7-2-,22-17+. The molecular formula is C31H28F6N6. The van der Waals surface area contributed by atoms with Crippen molar-refractivity contribution in [2.75, 3.05) is 5.32 Å². The van der Waals surface area contributed by atoms with Crippen molar-refractivity contribution in [3.8, 4) is 11.3 Å². The van der Waals surface area contributed by atoms with Gasteiger partial charge < -0.3 is 10.6 Å². The second-order valence-corrected chi connectivity index (χ2v) is 10.1. The number of nitrogens with one attached hydrogen (secondary N) is 2. The van der Waals surface area contributed by atoms with E-state index in [2.05, 4.69) is 20.2 Å². The maximum absolute atomic E-state index is 13.8. The average Bonchev–Trinajstić information content (AvgIpc) is 3.81. The van der Waals surface area contributed by atoms with E-state index in [1.807, 2.05) is 30.3 Å². The van der Waals surface area contributed by atoms with Gasteiger partial charge in [0, 0.05) is 35.9 Å². The maximum Gasteiger partial charge on any atom is 0.481 e. The van der Waals surface area contributed by atoms with Crippen LogP contribution in [0.3, 0.4) is 0 Å². The lowest BCUT2D eigenvalue weighted by molar-refractivity contribution is -0.147. The molecular weight excluding hydrogens is 570 g/mol. The van der Waals surface area contributed by atoms with Gasteiger partial charge in [0.1, 0.15) is 11.6 Å². The molecule has 1 saturated carbocycles. The van der Waals surface area contributed by atoms with E-state index in [-0.39, 0.29) is 22.8 Å². The van der Waals surface area contributed by atoms with Crippen molar-refractivity contribution in [2.45, 2.75) is 51.4 Å². The second-order valence-electron chi connectivity index (χ2n) is 10.1. The number of pyridine rings is 1. The lowest BCUT2D eigenvalue weighted by Crippen LogP contribution is -2.27. The third-order valence-electron chi connectivity index (χ3n) is 6.77. The molecule has 1 fully saturated rings. The Hall–Kier alpha value is -4.45. The van der Waals surface area contributed by atoms with Crippen LogP contribution >= 0.6 is 0 Å². The summed E-state index contributed by atoms with van der Waals surface area (Å²) in [5, 5.41) is 4.74. The Morgan fingerprint density at radius 3 is 2.40 bits per heavy atom. The monoisotopic (exact) mass is 598 g/mol. The zero-order valence-electron chi connectivity index (χ0n) is 23.0. The summed E-state index contributed by atoms with van der Waals surface area (Å²) in [6, 6.07) is 16.9. The van der Waals surface area contributed by atoms with Gasteiger partial charge in [0.15, 0.2) is 0 Å². The van der Waals surface area contributed by atoms with E-state index in [0.717, 1.165) is 30.7 Å². The summed E-state index contributed by atoms with van der Waals surface area (Å²) in [4.78, 5) is 15.6. The Bertz CT molecular complexity index is 1630. The molecule has 0 bridgehead atoms. The van der Waals surface area contributed by atoms with Crippen molar-refractivity contribution in [1.82, 2.24) is 25.2 Å². The average molecular weight is 599 g/mol. The molecule has 4 aromatic rings. The van der Waals surface area contributed by atoms with Gasteiger partial charge in [-0.2, -0.15) is 26.3 Å². The van der Waals surface area contributed by atoms with E-state index in [0.29, 0.717) is 35.9 Å². The third-order valence-corrected chi connectivity index (χ3v) is 6.77. The Morgan fingerprint density at radius 1 is 0.953 bits per heavy atom. The number of halogens is 6. The number of hydrogen-bond donors (Lipinski definition) is 2. The Kier molecular flexibility index (Phi) is 8.67. The normalized spacial score (nSPS) is 14.6. The van der Waals surface area contributed by atoms with Gasteiger partial charge in [-0.3, -0.25) is 9.88 Å². The Morgan fingerprint density at radius 2 is 1.72 bits per heavy atom. The van der Waals surface area contributed by atoms with E-state index >= 15 is 0 Å². The highest BCUT2D eigenvalue weighted by molar-refractivity contribution is 5.92. The first-order chi connectivity index (χ1) is 20.5. The number of nitrogens with zero attached hydrogens (tertiary/aromatic N) is 4. The van der Waals surface area contributed by atoms with Crippen LogP contribution in [0, 0.1) is 0 Å². The molecule has 0 amide bonds. The molecule has 2 aromatic carbocycles. The number of benzene rings is 2. The number of anilines is 1. The molecule has 0 aliphatic heterocycles. The van der Waals surface area contributed by atoms with Gasteiger partial charge in [-0.15, -0.1) is 0 Å². The number of allylic oxidation sites excluding steroid dienone is 2. The zero-order valence-corrected chi connectivity index (χ0v) is 23.0. The SMILES string of the molecule is C/C=C\C(=C/NC(F)(F)F)Nc1nc(CN(Cc2ccccc2)C2CC2)nc2cc(-c3ncccc3C(F)(F)F)ccc12. The minimum atomic E-state index is -4.65. The number of aromatic nitrogens is 3. The van der Waals surface area contributed by atoms with E-state index in [9.17, 15) is 26.3 Å². The molecule has 6 nitrogen and oxygen atoms in total. The smallest absolute Gasteiger partial charge is 0.338 e. The molecule has 0 saturated heterocycles. The van der Waals surface area contributed by atoms with Crippen molar-refractivity contribution in [1.29, 1.82) is 0 Å². The van der Waals surface area contributed by atoms with Gasteiger partial charge in [-0.1, -0.05) is 42.5 Å². The molecule has 0 unspecified atom stereocenters. The Balaban J connectivity index is 1.58. The number of alkyl halides is 6. The molecule has 1 aliphatic carbocycles. The summed E-state index contributed by atoms with van der Waals surface area (Å²) >= 11 is 0. The molecule has 2 N–H and O–H groups in total. The minimum absolute atomic E-state index is 0.0715. The predicted molar refractivity (Wildman–Crippen MR) is 152 cm³/mol. The summed E-state index contributed by atoms with van der Waals surface area (Å²) in [5.41, 5.74) is 0.551.